The Balaban J connectivity index is 1.60. The van der Waals surface area contributed by atoms with Crippen molar-refractivity contribution in [1.82, 2.24) is 9.21 Å². The number of nitro benzene ring substituents is 1. The van der Waals surface area contributed by atoms with E-state index in [1.54, 1.807) is 43.3 Å². The van der Waals surface area contributed by atoms with E-state index in [1.165, 1.54) is 22.5 Å². The molecule has 1 N–H and O–H groups in total. The van der Waals surface area contributed by atoms with Gasteiger partial charge in [0.15, 0.2) is 0 Å². The second kappa shape index (κ2) is 8.68. The lowest BCUT2D eigenvalue weighted by Gasteiger charge is -2.36. The van der Waals surface area contributed by atoms with E-state index in [1.807, 2.05) is 4.90 Å². The predicted octanol–water partition coefficient (Wildman–Crippen LogP) is 1.93. The summed E-state index contributed by atoms with van der Waals surface area (Å²) in [4.78, 5) is 25.0. The van der Waals surface area contributed by atoms with Crippen LogP contribution in [0.5, 0.6) is 0 Å². The third kappa shape index (κ3) is 4.78. The minimum Gasteiger partial charge on any atom is -0.324 e. The van der Waals surface area contributed by atoms with E-state index >= 15 is 0 Å². The first-order valence-corrected chi connectivity index (χ1v) is 10.6. The number of carbonyl (C=O) groups is 1. The van der Waals surface area contributed by atoms with Crippen molar-refractivity contribution in [2.45, 2.75) is 17.9 Å². The summed E-state index contributed by atoms with van der Waals surface area (Å²) in [7, 11) is -3.55. The number of nitrogens with one attached hydrogen (secondary N) is 1. The summed E-state index contributed by atoms with van der Waals surface area (Å²) in [6, 6.07) is 13.5. The Bertz CT molecular complexity index is 989. The summed E-state index contributed by atoms with van der Waals surface area (Å²) in [5.41, 5.74) is 0.247. The number of hydrogen-bond acceptors (Lipinski definition) is 6. The Morgan fingerprint density at radius 2 is 1.72 bits per heavy atom. The molecule has 1 aliphatic heterocycles. The summed E-state index contributed by atoms with van der Waals surface area (Å²) in [6.45, 7) is 3.12. The summed E-state index contributed by atoms with van der Waals surface area (Å²) < 4.78 is 26.8. The van der Waals surface area contributed by atoms with Gasteiger partial charge in [0.2, 0.25) is 15.9 Å². The second-order valence-corrected chi connectivity index (χ2v) is 8.66. The van der Waals surface area contributed by atoms with E-state index in [2.05, 4.69) is 5.32 Å². The fourth-order valence-corrected chi connectivity index (χ4v) is 4.63. The molecular formula is C19H22N4O5S. The van der Waals surface area contributed by atoms with Crippen LogP contribution in [-0.2, 0) is 14.8 Å². The number of piperazine rings is 1. The standard InChI is InChI=1S/C19H22N4O5S/c1-15(19(24)20-16-6-5-7-17(14-16)23(25)26)21-10-12-22(13-11-21)29(27,28)18-8-3-2-4-9-18/h2-9,14-15H,10-13H2,1H3,(H,20,24)/t15-/m0/s1. The summed E-state index contributed by atoms with van der Waals surface area (Å²) >= 11 is 0. The number of nitro groups is 1. The largest absolute Gasteiger partial charge is 0.324 e. The van der Waals surface area contributed by atoms with Crippen LogP contribution in [0.1, 0.15) is 6.92 Å². The summed E-state index contributed by atoms with van der Waals surface area (Å²) in [5, 5.41) is 13.5. The van der Waals surface area contributed by atoms with Gasteiger partial charge in [-0.3, -0.25) is 19.8 Å². The van der Waals surface area contributed by atoms with Crippen LogP contribution >= 0.6 is 0 Å². The number of sulfonamides is 1. The van der Waals surface area contributed by atoms with Crippen molar-refractivity contribution in [3.63, 3.8) is 0 Å². The maximum atomic E-state index is 12.7. The number of carbonyl (C=O) groups excluding carboxylic acids is 1. The van der Waals surface area contributed by atoms with Crippen molar-refractivity contribution >= 4 is 27.3 Å². The first-order valence-electron chi connectivity index (χ1n) is 9.13. The van der Waals surface area contributed by atoms with Gasteiger partial charge in [0, 0.05) is 44.0 Å². The average Bonchev–Trinajstić information content (AvgIpc) is 2.74. The molecule has 1 fully saturated rings. The van der Waals surface area contributed by atoms with Crippen LogP contribution in [0.25, 0.3) is 0 Å². The van der Waals surface area contributed by atoms with Gasteiger partial charge in [0.25, 0.3) is 5.69 Å². The molecule has 0 saturated carbocycles. The van der Waals surface area contributed by atoms with Gasteiger partial charge in [-0.25, -0.2) is 8.42 Å². The highest BCUT2D eigenvalue weighted by Gasteiger charge is 2.31. The lowest BCUT2D eigenvalue weighted by atomic mass is 10.2. The maximum Gasteiger partial charge on any atom is 0.271 e. The maximum absolute atomic E-state index is 12.7. The lowest BCUT2D eigenvalue weighted by molar-refractivity contribution is -0.384. The Hall–Kier alpha value is -2.82. The van der Waals surface area contributed by atoms with E-state index in [0.29, 0.717) is 18.8 Å². The van der Waals surface area contributed by atoms with Crippen LogP contribution < -0.4 is 5.32 Å². The third-order valence-electron chi connectivity index (χ3n) is 4.91. The highest BCUT2D eigenvalue weighted by Crippen LogP contribution is 2.20. The molecule has 29 heavy (non-hydrogen) atoms. The van der Waals surface area contributed by atoms with Crippen molar-refractivity contribution in [2.75, 3.05) is 31.5 Å². The summed E-state index contributed by atoms with van der Waals surface area (Å²) in [6.07, 6.45) is 0. The molecule has 1 aliphatic rings. The van der Waals surface area contributed by atoms with Gasteiger partial charge in [0.05, 0.1) is 15.9 Å². The van der Waals surface area contributed by atoms with E-state index in [0.717, 1.165) is 0 Å². The molecule has 0 radical (unpaired) electrons. The molecule has 1 saturated heterocycles. The molecule has 1 amide bonds. The second-order valence-electron chi connectivity index (χ2n) is 6.73. The van der Waals surface area contributed by atoms with Gasteiger partial charge < -0.3 is 5.32 Å². The first-order chi connectivity index (χ1) is 13.8. The molecular weight excluding hydrogens is 396 g/mol. The SMILES string of the molecule is C[C@@H](C(=O)Nc1cccc([N+](=O)[O-])c1)N1CCN(S(=O)(=O)c2ccccc2)CC1. The number of nitrogens with zero attached hydrogens (tertiary/aromatic N) is 3. The van der Waals surface area contributed by atoms with E-state index in [-0.39, 0.29) is 29.6 Å². The van der Waals surface area contributed by atoms with Crippen LogP contribution in [0.15, 0.2) is 59.5 Å². The molecule has 0 aliphatic carbocycles. The molecule has 2 aromatic rings. The van der Waals surface area contributed by atoms with Crippen molar-refractivity contribution < 1.29 is 18.1 Å². The molecule has 1 heterocycles. The average molecular weight is 418 g/mol. The van der Waals surface area contributed by atoms with Gasteiger partial charge in [-0.2, -0.15) is 4.31 Å². The van der Waals surface area contributed by atoms with Crippen LogP contribution in [0, 0.1) is 10.1 Å². The monoisotopic (exact) mass is 418 g/mol. The number of hydrogen-bond donors (Lipinski definition) is 1. The third-order valence-corrected chi connectivity index (χ3v) is 6.82. The highest BCUT2D eigenvalue weighted by atomic mass is 32.2. The van der Waals surface area contributed by atoms with Gasteiger partial charge in [-0.15, -0.1) is 0 Å². The smallest absolute Gasteiger partial charge is 0.271 e. The molecule has 0 aromatic heterocycles. The molecule has 154 valence electrons. The molecule has 3 rings (SSSR count). The van der Waals surface area contributed by atoms with E-state index < -0.39 is 21.0 Å². The molecule has 10 heteroatoms. The van der Waals surface area contributed by atoms with Crippen molar-refractivity contribution in [3.05, 3.63) is 64.7 Å². The fourth-order valence-electron chi connectivity index (χ4n) is 3.18. The van der Waals surface area contributed by atoms with E-state index in [9.17, 15) is 23.3 Å². The van der Waals surface area contributed by atoms with Crippen molar-refractivity contribution in [1.29, 1.82) is 0 Å². The minimum atomic E-state index is -3.55. The van der Waals surface area contributed by atoms with Gasteiger partial charge in [-0.05, 0) is 25.1 Å². The number of benzene rings is 2. The Labute approximate surface area is 169 Å². The topological polar surface area (TPSA) is 113 Å². The molecule has 9 nitrogen and oxygen atoms in total. The number of amides is 1. The van der Waals surface area contributed by atoms with Crippen LogP contribution in [-0.4, -0.2) is 60.7 Å². The van der Waals surface area contributed by atoms with Crippen LogP contribution in [0.4, 0.5) is 11.4 Å². The highest BCUT2D eigenvalue weighted by molar-refractivity contribution is 7.89. The molecule has 2 aromatic carbocycles. The first kappa shape index (κ1) is 20.9. The Morgan fingerprint density at radius 1 is 1.07 bits per heavy atom. The van der Waals surface area contributed by atoms with Gasteiger partial charge >= 0.3 is 0 Å². The van der Waals surface area contributed by atoms with Crippen LogP contribution in [0.2, 0.25) is 0 Å². The summed E-state index contributed by atoms with van der Waals surface area (Å²) in [5.74, 6) is -0.301. The van der Waals surface area contributed by atoms with Crippen molar-refractivity contribution in [2.24, 2.45) is 0 Å². The minimum absolute atomic E-state index is 0.102. The zero-order valence-electron chi connectivity index (χ0n) is 15.9. The van der Waals surface area contributed by atoms with Crippen molar-refractivity contribution in [3.8, 4) is 0 Å². The predicted molar refractivity (Wildman–Crippen MR) is 108 cm³/mol. The number of rotatable bonds is 6. The molecule has 0 spiro atoms. The lowest BCUT2D eigenvalue weighted by Crippen LogP contribution is -2.53. The molecule has 0 unspecified atom stereocenters. The molecule has 0 bridgehead atoms. The van der Waals surface area contributed by atoms with Gasteiger partial charge in [-0.1, -0.05) is 24.3 Å². The van der Waals surface area contributed by atoms with Gasteiger partial charge in [0.1, 0.15) is 0 Å². The zero-order valence-corrected chi connectivity index (χ0v) is 16.7. The molecule has 1 atom stereocenters. The normalized spacial score (nSPS) is 16.9. The zero-order chi connectivity index (χ0) is 21.0. The van der Waals surface area contributed by atoms with E-state index in [4.69, 9.17) is 0 Å². The Morgan fingerprint density at radius 3 is 2.34 bits per heavy atom. The fraction of sp³-hybridized carbons (Fsp3) is 0.316. The van der Waals surface area contributed by atoms with Crippen LogP contribution in [0.3, 0.4) is 0 Å². The Kier molecular flexibility index (Phi) is 6.26. The number of anilines is 1. The quantitative estimate of drug-likeness (QED) is 0.567. The number of non-ortho nitro benzene ring substituents is 1.